The maximum Gasteiger partial charge on any atom is 0.237 e. The number of nitrogens with one attached hydrogen (secondary N) is 1. The fourth-order valence-corrected chi connectivity index (χ4v) is 2.03. The summed E-state index contributed by atoms with van der Waals surface area (Å²) in [6.45, 7) is 2.78. The molecule has 1 aliphatic rings. The van der Waals surface area contributed by atoms with E-state index < -0.39 is 0 Å². The van der Waals surface area contributed by atoms with Crippen LogP contribution in [-0.2, 0) is 9.59 Å². The van der Waals surface area contributed by atoms with Crippen molar-refractivity contribution in [3.8, 4) is 0 Å². The van der Waals surface area contributed by atoms with E-state index in [2.05, 4.69) is 5.32 Å². The van der Waals surface area contributed by atoms with Crippen LogP contribution in [0.3, 0.4) is 0 Å². The van der Waals surface area contributed by atoms with Crippen LogP contribution in [0.2, 0.25) is 0 Å². The van der Waals surface area contributed by atoms with E-state index in [0.717, 1.165) is 25.8 Å². The molecule has 0 saturated carbocycles. The fraction of sp³-hybridized carbons (Fsp3) is 0.800. The minimum absolute atomic E-state index is 0.0244. The second-order valence-electron chi connectivity index (χ2n) is 3.81. The van der Waals surface area contributed by atoms with Gasteiger partial charge < -0.3 is 10.2 Å². The van der Waals surface area contributed by atoms with Crippen molar-refractivity contribution in [2.24, 2.45) is 0 Å². The first-order chi connectivity index (χ1) is 7.15. The van der Waals surface area contributed by atoms with Crippen LogP contribution in [0.1, 0.15) is 26.2 Å². The first kappa shape index (κ1) is 12.3. The average Bonchev–Trinajstić information content (AvgIpc) is 2.25. The van der Waals surface area contributed by atoms with Gasteiger partial charge in [0.1, 0.15) is 5.88 Å². The lowest BCUT2D eigenvalue weighted by atomic mass is 10.0. The van der Waals surface area contributed by atoms with Gasteiger partial charge in [-0.05, 0) is 19.3 Å². The summed E-state index contributed by atoms with van der Waals surface area (Å²) >= 11 is 5.53. The lowest BCUT2D eigenvalue weighted by Gasteiger charge is -2.35. The van der Waals surface area contributed by atoms with Gasteiger partial charge in [0, 0.05) is 26.1 Å². The zero-order valence-electron chi connectivity index (χ0n) is 8.96. The van der Waals surface area contributed by atoms with Crippen molar-refractivity contribution in [3.05, 3.63) is 0 Å². The number of hydrogen-bond acceptors (Lipinski definition) is 2. The predicted molar refractivity (Wildman–Crippen MR) is 58.8 cm³/mol. The second kappa shape index (κ2) is 5.95. The van der Waals surface area contributed by atoms with Gasteiger partial charge in [-0.25, -0.2) is 0 Å². The minimum atomic E-state index is -0.0566. The fourth-order valence-electron chi connectivity index (χ4n) is 1.88. The molecule has 1 N–H and O–H groups in total. The van der Waals surface area contributed by atoms with Gasteiger partial charge in [-0.3, -0.25) is 9.59 Å². The average molecular weight is 233 g/mol. The largest absolute Gasteiger partial charge is 0.354 e. The molecule has 1 heterocycles. The van der Waals surface area contributed by atoms with E-state index in [-0.39, 0.29) is 23.7 Å². The van der Waals surface area contributed by atoms with Crippen LogP contribution in [0.5, 0.6) is 0 Å². The monoisotopic (exact) mass is 232 g/mol. The van der Waals surface area contributed by atoms with Crippen molar-refractivity contribution in [2.75, 3.05) is 19.0 Å². The Labute approximate surface area is 95.0 Å². The molecule has 1 fully saturated rings. The zero-order chi connectivity index (χ0) is 11.3. The number of carbonyl (C=O) groups is 2. The van der Waals surface area contributed by atoms with Crippen LogP contribution in [0.15, 0.2) is 0 Å². The molecule has 0 radical (unpaired) electrons. The lowest BCUT2D eigenvalue weighted by Crippen LogP contribution is -2.49. The van der Waals surface area contributed by atoms with Crippen LogP contribution in [0.4, 0.5) is 0 Å². The van der Waals surface area contributed by atoms with Gasteiger partial charge in [0.25, 0.3) is 0 Å². The van der Waals surface area contributed by atoms with Crippen LogP contribution in [-0.4, -0.2) is 41.7 Å². The molecule has 1 aliphatic heterocycles. The van der Waals surface area contributed by atoms with Crippen molar-refractivity contribution in [2.45, 2.75) is 32.2 Å². The Hall–Kier alpha value is -0.770. The number of likely N-dealkylation sites (tertiary alicyclic amines) is 1. The molecule has 0 aromatic heterocycles. The van der Waals surface area contributed by atoms with Gasteiger partial charge in [-0.1, -0.05) is 0 Å². The quantitative estimate of drug-likeness (QED) is 0.730. The van der Waals surface area contributed by atoms with Crippen LogP contribution in [0.25, 0.3) is 0 Å². The highest BCUT2D eigenvalue weighted by Gasteiger charge is 2.25. The summed E-state index contributed by atoms with van der Waals surface area (Å²) in [4.78, 5) is 24.1. The summed E-state index contributed by atoms with van der Waals surface area (Å²) in [5, 5.41) is 2.75. The molecule has 0 aliphatic carbocycles. The topological polar surface area (TPSA) is 49.4 Å². The molecule has 1 rings (SSSR count). The van der Waals surface area contributed by atoms with E-state index in [1.54, 1.807) is 4.90 Å². The Morgan fingerprint density at radius 1 is 1.47 bits per heavy atom. The van der Waals surface area contributed by atoms with Gasteiger partial charge >= 0.3 is 0 Å². The third-order valence-electron chi connectivity index (χ3n) is 2.65. The normalized spacial score (nSPS) is 21.2. The number of alkyl halides is 1. The summed E-state index contributed by atoms with van der Waals surface area (Å²) in [7, 11) is 0. The Balaban J connectivity index is 2.49. The van der Waals surface area contributed by atoms with Crippen molar-refractivity contribution in [1.29, 1.82) is 0 Å². The molecule has 86 valence electrons. The number of piperidine rings is 1. The molecule has 1 atom stereocenters. The minimum Gasteiger partial charge on any atom is -0.354 e. The van der Waals surface area contributed by atoms with Gasteiger partial charge in [0.05, 0.1) is 0 Å². The Kier molecular flexibility index (Phi) is 4.88. The standard InChI is InChI=1S/C10H17ClN2O2/c1-8(14)12-7-9-4-2-3-5-13(9)10(15)6-11/h9H,2-7H2,1H3,(H,12,14)/t9-/m1/s1. The van der Waals surface area contributed by atoms with Gasteiger partial charge in [0.15, 0.2) is 0 Å². The predicted octanol–water partition coefficient (Wildman–Crippen LogP) is 0.742. The molecule has 0 aromatic rings. The molecular formula is C10H17ClN2O2. The third kappa shape index (κ3) is 3.70. The van der Waals surface area contributed by atoms with Crippen LogP contribution < -0.4 is 5.32 Å². The Morgan fingerprint density at radius 2 is 2.20 bits per heavy atom. The SMILES string of the molecule is CC(=O)NC[C@H]1CCCCN1C(=O)CCl. The highest BCUT2D eigenvalue weighted by atomic mass is 35.5. The van der Waals surface area contributed by atoms with Crippen molar-refractivity contribution in [1.82, 2.24) is 10.2 Å². The molecule has 15 heavy (non-hydrogen) atoms. The van der Waals surface area contributed by atoms with Crippen molar-refractivity contribution in [3.63, 3.8) is 0 Å². The second-order valence-corrected chi connectivity index (χ2v) is 4.07. The van der Waals surface area contributed by atoms with Crippen molar-refractivity contribution < 1.29 is 9.59 Å². The number of amides is 2. The number of nitrogens with zero attached hydrogens (tertiary/aromatic N) is 1. The number of halogens is 1. The number of carbonyl (C=O) groups excluding carboxylic acids is 2. The summed E-state index contributed by atoms with van der Waals surface area (Å²) in [6, 6.07) is 0.119. The highest BCUT2D eigenvalue weighted by Crippen LogP contribution is 2.16. The summed E-state index contributed by atoms with van der Waals surface area (Å²) in [5.74, 6) is -0.0677. The van der Waals surface area contributed by atoms with E-state index in [9.17, 15) is 9.59 Å². The van der Waals surface area contributed by atoms with Gasteiger partial charge in [-0.15, -0.1) is 11.6 Å². The molecule has 1 saturated heterocycles. The van der Waals surface area contributed by atoms with Gasteiger partial charge in [-0.2, -0.15) is 0 Å². The first-order valence-corrected chi connectivity index (χ1v) is 5.78. The maximum atomic E-state index is 11.5. The lowest BCUT2D eigenvalue weighted by molar-refractivity contribution is -0.132. The Morgan fingerprint density at radius 3 is 2.80 bits per heavy atom. The molecule has 5 heteroatoms. The van der Waals surface area contributed by atoms with Gasteiger partial charge in [0.2, 0.25) is 11.8 Å². The van der Waals surface area contributed by atoms with E-state index in [1.807, 2.05) is 0 Å². The van der Waals surface area contributed by atoms with Crippen molar-refractivity contribution >= 4 is 23.4 Å². The van der Waals surface area contributed by atoms with E-state index in [1.165, 1.54) is 6.92 Å². The van der Waals surface area contributed by atoms with E-state index in [4.69, 9.17) is 11.6 Å². The number of hydrogen-bond donors (Lipinski definition) is 1. The molecule has 0 bridgehead atoms. The third-order valence-corrected chi connectivity index (χ3v) is 2.88. The maximum absolute atomic E-state index is 11.5. The zero-order valence-corrected chi connectivity index (χ0v) is 9.72. The molecule has 0 aromatic carbocycles. The number of rotatable bonds is 3. The van der Waals surface area contributed by atoms with E-state index >= 15 is 0 Å². The molecular weight excluding hydrogens is 216 g/mol. The summed E-state index contributed by atoms with van der Waals surface area (Å²) in [5.41, 5.74) is 0. The molecule has 0 unspecified atom stereocenters. The smallest absolute Gasteiger partial charge is 0.237 e. The molecule has 2 amide bonds. The summed E-state index contributed by atoms with van der Waals surface area (Å²) < 4.78 is 0. The highest BCUT2D eigenvalue weighted by molar-refractivity contribution is 6.27. The Bertz CT molecular complexity index is 246. The van der Waals surface area contributed by atoms with E-state index in [0.29, 0.717) is 6.54 Å². The van der Waals surface area contributed by atoms with Crippen LogP contribution >= 0.6 is 11.6 Å². The molecule has 4 nitrogen and oxygen atoms in total. The first-order valence-electron chi connectivity index (χ1n) is 5.25. The summed E-state index contributed by atoms with van der Waals surface area (Å²) in [6.07, 6.45) is 3.08. The molecule has 0 spiro atoms. The van der Waals surface area contributed by atoms with Crippen LogP contribution in [0, 0.1) is 0 Å².